The second-order valence-electron chi connectivity index (χ2n) is 6.67. The maximum Gasteiger partial charge on any atom is 0.255 e. The summed E-state index contributed by atoms with van der Waals surface area (Å²) >= 11 is 0. The monoisotopic (exact) mass is 352 g/mol. The van der Waals surface area contributed by atoms with Crippen molar-refractivity contribution < 1.29 is 9.53 Å². The van der Waals surface area contributed by atoms with Crippen molar-refractivity contribution in [1.82, 2.24) is 9.88 Å². The zero-order valence-electron chi connectivity index (χ0n) is 14.9. The minimum absolute atomic E-state index is 0.0790. The van der Waals surface area contributed by atoms with E-state index in [1.807, 2.05) is 29.2 Å². The number of para-hydroxylation sites is 2. The molecule has 6 nitrogen and oxygen atoms in total. The standard InChI is InChI=1S/C20H24N4O2/c25-20(24-9-3-4-10-24)16-7-8-19(21-15-16)22-17-5-1-2-6-18(17)23-11-13-26-14-12-23/h1-2,5-8,15H,3-4,9-14H2,(H,21,22). The molecular weight excluding hydrogens is 328 g/mol. The Balaban J connectivity index is 1.48. The van der Waals surface area contributed by atoms with Gasteiger partial charge < -0.3 is 19.9 Å². The van der Waals surface area contributed by atoms with Crippen molar-refractivity contribution in [3.05, 3.63) is 48.2 Å². The van der Waals surface area contributed by atoms with Crippen LogP contribution in [0.1, 0.15) is 23.2 Å². The van der Waals surface area contributed by atoms with Crippen molar-refractivity contribution in [2.24, 2.45) is 0 Å². The molecule has 1 aromatic carbocycles. The van der Waals surface area contributed by atoms with E-state index in [4.69, 9.17) is 4.74 Å². The number of ether oxygens (including phenoxy) is 1. The molecule has 0 aliphatic carbocycles. The first-order valence-electron chi connectivity index (χ1n) is 9.25. The van der Waals surface area contributed by atoms with Gasteiger partial charge in [-0.2, -0.15) is 0 Å². The molecule has 6 heteroatoms. The maximum atomic E-state index is 12.4. The van der Waals surface area contributed by atoms with E-state index < -0.39 is 0 Å². The molecule has 2 aliphatic heterocycles. The van der Waals surface area contributed by atoms with Crippen LogP contribution in [0.3, 0.4) is 0 Å². The number of hydrogen-bond donors (Lipinski definition) is 1. The lowest BCUT2D eigenvalue weighted by molar-refractivity contribution is 0.0792. The second-order valence-corrected chi connectivity index (χ2v) is 6.67. The number of benzene rings is 1. The first-order chi connectivity index (χ1) is 12.8. The number of nitrogens with one attached hydrogen (secondary N) is 1. The molecule has 0 radical (unpaired) electrons. The van der Waals surface area contributed by atoms with Gasteiger partial charge in [0.2, 0.25) is 0 Å². The first-order valence-corrected chi connectivity index (χ1v) is 9.25. The fourth-order valence-corrected chi connectivity index (χ4v) is 3.49. The zero-order chi connectivity index (χ0) is 17.8. The molecule has 0 spiro atoms. The van der Waals surface area contributed by atoms with Crippen LogP contribution in [-0.4, -0.2) is 55.2 Å². The van der Waals surface area contributed by atoms with Gasteiger partial charge >= 0.3 is 0 Å². The molecular formula is C20H24N4O2. The number of likely N-dealkylation sites (tertiary alicyclic amines) is 1. The van der Waals surface area contributed by atoms with E-state index in [9.17, 15) is 4.79 Å². The van der Waals surface area contributed by atoms with E-state index in [1.54, 1.807) is 6.20 Å². The van der Waals surface area contributed by atoms with E-state index in [2.05, 4.69) is 27.3 Å². The molecule has 0 unspecified atom stereocenters. The highest BCUT2D eigenvalue weighted by molar-refractivity contribution is 5.94. The SMILES string of the molecule is O=C(c1ccc(Nc2ccccc2N2CCOCC2)nc1)N1CCCC1. The Hall–Kier alpha value is -2.60. The lowest BCUT2D eigenvalue weighted by Crippen LogP contribution is -2.36. The van der Waals surface area contributed by atoms with Gasteiger partial charge in [0, 0.05) is 32.4 Å². The van der Waals surface area contributed by atoms with Crippen LogP contribution in [-0.2, 0) is 4.74 Å². The number of morpholine rings is 1. The molecule has 2 fully saturated rings. The van der Waals surface area contributed by atoms with E-state index in [-0.39, 0.29) is 5.91 Å². The first kappa shape index (κ1) is 16.8. The van der Waals surface area contributed by atoms with Crippen molar-refractivity contribution in [3.63, 3.8) is 0 Å². The van der Waals surface area contributed by atoms with Crippen molar-refractivity contribution in [2.45, 2.75) is 12.8 Å². The molecule has 0 saturated carbocycles. The minimum Gasteiger partial charge on any atom is -0.378 e. The Morgan fingerprint density at radius 2 is 1.77 bits per heavy atom. The highest BCUT2D eigenvalue weighted by Gasteiger charge is 2.20. The van der Waals surface area contributed by atoms with Crippen LogP contribution in [0.2, 0.25) is 0 Å². The molecule has 3 heterocycles. The van der Waals surface area contributed by atoms with Gasteiger partial charge in [0.05, 0.1) is 30.2 Å². The summed E-state index contributed by atoms with van der Waals surface area (Å²) in [5.74, 6) is 0.818. The Morgan fingerprint density at radius 1 is 1.00 bits per heavy atom. The smallest absolute Gasteiger partial charge is 0.255 e. The number of anilines is 3. The predicted octanol–water partition coefficient (Wildman–Crippen LogP) is 2.90. The average Bonchev–Trinajstić information content (AvgIpc) is 3.24. The van der Waals surface area contributed by atoms with Crippen LogP contribution in [0.5, 0.6) is 0 Å². The van der Waals surface area contributed by atoms with Crippen LogP contribution in [0.25, 0.3) is 0 Å². The summed E-state index contributed by atoms with van der Waals surface area (Å²) in [6.45, 7) is 4.97. The summed E-state index contributed by atoms with van der Waals surface area (Å²) in [5.41, 5.74) is 2.81. The molecule has 1 N–H and O–H groups in total. The van der Waals surface area contributed by atoms with Crippen LogP contribution in [0, 0.1) is 0 Å². The highest BCUT2D eigenvalue weighted by Crippen LogP contribution is 2.28. The summed E-state index contributed by atoms with van der Waals surface area (Å²) in [6.07, 6.45) is 3.86. The minimum atomic E-state index is 0.0790. The second kappa shape index (κ2) is 7.74. The number of nitrogens with zero attached hydrogens (tertiary/aromatic N) is 3. The van der Waals surface area contributed by atoms with Crippen molar-refractivity contribution >= 4 is 23.1 Å². The third-order valence-electron chi connectivity index (χ3n) is 4.92. The molecule has 2 aromatic rings. The van der Waals surface area contributed by atoms with Crippen molar-refractivity contribution in [3.8, 4) is 0 Å². The number of carbonyl (C=O) groups is 1. The van der Waals surface area contributed by atoms with Crippen LogP contribution < -0.4 is 10.2 Å². The lowest BCUT2D eigenvalue weighted by atomic mass is 10.2. The Kier molecular flexibility index (Phi) is 5.02. The summed E-state index contributed by atoms with van der Waals surface area (Å²) in [4.78, 5) is 21.1. The van der Waals surface area contributed by atoms with Gasteiger partial charge in [-0.3, -0.25) is 4.79 Å². The number of rotatable bonds is 4. The number of aromatic nitrogens is 1. The van der Waals surface area contributed by atoms with E-state index >= 15 is 0 Å². The lowest BCUT2D eigenvalue weighted by Gasteiger charge is -2.30. The third-order valence-corrected chi connectivity index (χ3v) is 4.92. The maximum absolute atomic E-state index is 12.4. The van der Waals surface area contributed by atoms with E-state index in [0.29, 0.717) is 5.56 Å². The predicted molar refractivity (Wildman–Crippen MR) is 102 cm³/mol. The quantitative estimate of drug-likeness (QED) is 0.917. The van der Waals surface area contributed by atoms with E-state index in [0.717, 1.165) is 69.4 Å². The Morgan fingerprint density at radius 3 is 2.50 bits per heavy atom. The topological polar surface area (TPSA) is 57.7 Å². The van der Waals surface area contributed by atoms with Gasteiger partial charge in [0.1, 0.15) is 5.82 Å². The Labute approximate surface area is 153 Å². The fourth-order valence-electron chi connectivity index (χ4n) is 3.49. The van der Waals surface area contributed by atoms with Gasteiger partial charge in [-0.15, -0.1) is 0 Å². The van der Waals surface area contributed by atoms with E-state index in [1.165, 1.54) is 0 Å². The van der Waals surface area contributed by atoms with Crippen molar-refractivity contribution in [2.75, 3.05) is 49.6 Å². The summed E-state index contributed by atoms with van der Waals surface area (Å²) < 4.78 is 5.45. The van der Waals surface area contributed by atoms with Gasteiger partial charge in [-0.25, -0.2) is 4.98 Å². The van der Waals surface area contributed by atoms with Crippen LogP contribution in [0.15, 0.2) is 42.6 Å². The highest BCUT2D eigenvalue weighted by atomic mass is 16.5. The third kappa shape index (κ3) is 3.65. The molecule has 2 saturated heterocycles. The summed E-state index contributed by atoms with van der Waals surface area (Å²) in [5, 5.41) is 3.39. The van der Waals surface area contributed by atoms with Crippen molar-refractivity contribution in [1.29, 1.82) is 0 Å². The molecule has 26 heavy (non-hydrogen) atoms. The summed E-state index contributed by atoms with van der Waals surface area (Å²) in [7, 11) is 0. The molecule has 0 atom stereocenters. The van der Waals surface area contributed by atoms with Crippen LogP contribution >= 0.6 is 0 Å². The number of hydrogen-bond acceptors (Lipinski definition) is 5. The van der Waals surface area contributed by atoms with Gasteiger partial charge in [-0.05, 0) is 37.1 Å². The molecule has 1 aromatic heterocycles. The van der Waals surface area contributed by atoms with Gasteiger partial charge in [0.25, 0.3) is 5.91 Å². The largest absolute Gasteiger partial charge is 0.378 e. The number of carbonyl (C=O) groups excluding carboxylic acids is 1. The molecule has 4 rings (SSSR count). The zero-order valence-corrected chi connectivity index (χ0v) is 14.9. The average molecular weight is 352 g/mol. The molecule has 2 aliphatic rings. The Bertz CT molecular complexity index is 751. The summed E-state index contributed by atoms with van der Waals surface area (Å²) in [6, 6.07) is 11.9. The van der Waals surface area contributed by atoms with Gasteiger partial charge in [-0.1, -0.05) is 12.1 Å². The van der Waals surface area contributed by atoms with Crippen LogP contribution in [0.4, 0.5) is 17.2 Å². The van der Waals surface area contributed by atoms with Gasteiger partial charge in [0.15, 0.2) is 0 Å². The molecule has 1 amide bonds. The fraction of sp³-hybridized carbons (Fsp3) is 0.400. The number of pyridine rings is 1. The molecule has 0 bridgehead atoms. The molecule has 136 valence electrons. The number of amides is 1. The normalized spacial score (nSPS) is 17.4.